The van der Waals surface area contributed by atoms with Crippen molar-refractivity contribution >= 4 is 29.6 Å². The normalized spacial score (nSPS) is 29.1. The molecule has 1 aliphatic carbocycles. The Balaban J connectivity index is 1.51. The second-order valence-electron chi connectivity index (χ2n) is 8.72. The number of carbonyl (C=O) groups is 3. The molecule has 8 nitrogen and oxygen atoms in total. The van der Waals surface area contributed by atoms with Gasteiger partial charge in [-0.2, -0.15) is 0 Å². The summed E-state index contributed by atoms with van der Waals surface area (Å²) in [5.74, 6) is -1.11. The zero-order valence-electron chi connectivity index (χ0n) is 18.3. The fourth-order valence-electron chi connectivity index (χ4n) is 4.76. The summed E-state index contributed by atoms with van der Waals surface area (Å²) in [4.78, 5) is 40.7. The number of amides is 4. The molecule has 4 unspecified atom stereocenters. The highest BCUT2D eigenvalue weighted by molar-refractivity contribution is 8.00. The molecule has 4 amide bonds. The molecule has 4 atom stereocenters. The van der Waals surface area contributed by atoms with Gasteiger partial charge in [-0.15, -0.1) is 11.8 Å². The molecule has 3 N–H and O–H groups in total. The van der Waals surface area contributed by atoms with Crippen LogP contribution in [0.4, 0.5) is 9.18 Å². The predicted molar refractivity (Wildman–Crippen MR) is 120 cm³/mol. The molecule has 0 spiro atoms. The van der Waals surface area contributed by atoms with Crippen LogP contribution < -0.4 is 16.0 Å². The van der Waals surface area contributed by atoms with Crippen LogP contribution in [0.25, 0.3) is 0 Å². The second kappa shape index (κ2) is 9.76. The molecular weight excluding hydrogens is 433 g/mol. The van der Waals surface area contributed by atoms with Crippen molar-refractivity contribution in [3.63, 3.8) is 0 Å². The molecule has 1 aromatic rings. The fourth-order valence-corrected chi connectivity index (χ4v) is 5.88. The van der Waals surface area contributed by atoms with E-state index in [1.54, 1.807) is 19.2 Å². The summed E-state index contributed by atoms with van der Waals surface area (Å²) in [6, 6.07) is 6.00. The fraction of sp³-hybridized carbons (Fsp3) is 0.591. The number of benzene rings is 1. The van der Waals surface area contributed by atoms with E-state index in [1.807, 2.05) is 0 Å². The first kappa shape index (κ1) is 23.0. The first-order chi connectivity index (χ1) is 15.3. The monoisotopic (exact) mass is 463 g/mol. The van der Waals surface area contributed by atoms with Gasteiger partial charge in [0.2, 0.25) is 11.8 Å². The first-order valence-corrected chi connectivity index (χ1v) is 12.1. The number of rotatable bonds is 5. The van der Waals surface area contributed by atoms with Crippen LogP contribution in [0.1, 0.15) is 43.8 Å². The minimum atomic E-state index is -0.583. The molecule has 0 bridgehead atoms. The van der Waals surface area contributed by atoms with Gasteiger partial charge >= 0.3 is 6.03 Å². The molecule has 2 saturated heterocycles. The summed E-state index contributed by atoms with van der Waals surface area (Å²) in [5, 5.41) is 9.31. The molecule has 0 aromatic heterocycles. The molecule has 32 heavy (non-hydrogen) atoms. The van der Waals surface area contributed by atoms with Crippen LogP contribution in [-0.2, 0) is 9.59 Å². The van der Waals surface area contributed by atoms with Crippen molar-refractivity contribution in [3.8, 4) is 0 Å². The van der Waals surface area contributed by atoms with Gasteiger partial charge in [-0.1, -0.05) is 31.4 Å². The summed E-state index contributed by atoms with van der Waals surface area (Å²) in [6.07, 6.45) is 4.45. The van der Waals surface area contributed by atoms with Gasteiger partial charge in [0, 0.05) is 20.1 Å². The summed E-state index contributed by atoms with van der Waals surface area (Å²) >= 11 is 1.35. The Hall–Kier alpha value is -2.17. The van der Waals surface area contributed by atoms with Gasteiger partial charge in [-0.3, -0.25) is 25.1 Å². The number of carbonyl (C=O) groups excluding carboxylic acids is 3. The van der Waals surface area contributed by atoms with Gasteiger partial charge in [0.25, 0.3) is 0 Å². The van der Waals surface area contributed by atoms with Crippen molar-refractivity contribution in [2.45, 2.75) is 55.9 Å². The minimum absolute atomic E-state index is 0.0536. The van der Waals surface area contributed by atoms with Gasteiger partial charge < -0.3 is 10.2 Å². The number of imide groups is 1. The van der Waals surface area contributed by atoms with Crippen LogP contribution >= 0.6 is 11.8 Å². The Morgan fingerprint density at radius 2 is 1.94 bits per heavy atom. The average molecular weight is 464 g/mol. The molecule has 174 valence electrons. The number of nitrogens with zero attached hydrogens (tertiary/aromatic N) is 2. The maximum absolute atomic E-state index is 13.8. The molecule has 0 radical (unpaired) electrons. The molecular formula is C22H30FN5O3S. The molecule has 2 heterocycles. The summed E-state index contributed by atoms with van der Waals surface area (Å²) < 4.78 is 13.8. The lowest BCUT2D eigenvalue weighted by molar-refractivity contribution is -0.140. The van der Waals surface area contributed by atoms with Crippen molar-refractivity contribution in [1.29, 1.82) is 0 Å². The Morgan fingerprint density at radius 3 is 2.66 bits per heavy atom. The third-order valence-electron chi connectivity index (χ3n) is 6.50. The number of hydrogen-bond donors (Lipinski definition) is 3. The van der Waals surface area contributed by atoms with Crippen LogP contribution in [-0.4, -0.2) is 65.1 Å². The van der Waals surface area contributed by atoms with Crippen molar-refractivity contribution in [2.24, 2.45) is 5.92 Å². The quantitative estimate of drug-likeness (QED) is 0.619. The predicted octanol–water partition coefficient (Wildman–Crippen LogP) is 1.99. The van der Waals surface area contributed by atoms with E-state index in [9.17, 15) is 18.8 Å². The largest absolute Gasteiger partial charge is 0.353 e. The third kappa shape index (κ3) is 4.77. The first-order valence-electron chi connectivity index (χ1n) is 11.1. The molecule has 10 heteroatoms. The van der Waals surface area contributed by atoms with Gasteiger partial charge in [-0.25, -0.2) is 9.18 Å². The standard InChI is InChI=1S/C22H30FN5O3S/c1-27-19-17(21(30)28(2)22(27)31)20(26-18(25-19)13-7-6-8-14(23)11-13)32-12-16(29)24-15-9-4-3-5-10-15/h6-8,11,15,17-20,25-26H,3-5,9-10,12H2,1-2H3,(H,24,29). The Morgan fingerprint density at radius 1 is 1.19 bits per heavy atom. The molecule has 1 saturated carbocycles. The van der Waals surface area contributed by atoms with E-state index in [0.29, 0.717) is 5.56 Å². The Bertz CT molecular complexity index is 881. The maximum atomic E-state index is 13.8. The lowest BCUT2D eigenvalue weighted by Gasteiger charge is -2.50. The van der Waals surface area contributed by atoms with Crippen LogP contribution in [0, 0.1) is 11.7 Å². The molecule has 3 fully saturated rings. The highest BCUT2D eigenvalue weighted by Gasteiger charge is 2.51. The van der Waals surface area contributed by atoms with Crippen molar-refractivity contribution in [1.82, 2.24) is 25.8 Å². The minimum Gasteiger partial charge on any atom is -0.353 e. The van der Waals surface area contributed by atoms with Crippen LogP contribution in [0.2, 0.25) is 0 Å². The SMILES string of the molecule is CN1C(=O)C2C(SCC(=O)NC3CCCCC3)NC(c3cccc(F)c3)NC2N(C)C1=O. The Kier molecular flexibility index (Phi) is 7.02. The lowest BCUT2D eigenvalue weighted by atomic mass is 9.95. The van der Waals surface area contributed by atoms with Crippen LogP contribution in [0.3, 0.4) is 0 Å². The zero-order valence-corrected chi connectivity index (χ0v) is 19.2. The smallest absolute Gasteiger partial charge is 0.327 e. The van der Waals surface area contributed by atoms with E-state index in [2.05, 4.69) is 16.0 Å². The number of thioether (sulfide) groups is 1. The zero-order chi connectivity index (χ0) is 22.8. The molecule has 3 aliphatic rings. The molecule has 4 rings (SSSR count). The van der Waals surface area contributed by atoms with Crippen molar-refractivity contribution in [2.75, 3.05) is 19.8 Å². The van der Waals surface area contributed by atoms with Crippen LogP contribution in [0.15, 0.2) is 24.3 Å². The van der Waals surface area contributed by atoms with Gasteiger partial charge in [0.05, 0.1) is 29.4 Å². The number of urea groups is 1. The summed E-state index contributed by atoms with van der Waals surface area (Å²) in [7, 11) is 3.11. The van der Waals surface area contributed by atoms with Gasteiger partial charge in [-0.05, 0) is 30.5 Å². The molecule has 2 aliphatic heterocycles. The topological polar surface area (TPSA) is 93.8 Å². The van der Waals surface area contributed by atoms with Crippen LogP contribution in [0.5, 0.6) is 0 Å². The number of nitrogens with one attached hydrogen (secondary N) is 3. The maximum Gasteiger partial charge on any atom is 0.327 e. The van der Waals surface area contributed by atoms with Crippen molar-refractivity contribution in [3.05, 3.63) is 35.6 Å². The summed E-state index contributed by atoms with van der Waals surface area (Å²) in [6.45, 7) is 0. The number of hydrogen-bond acceptors (Lipinski definition) is 6. The highest BCUT2D eigenvalue weighted by Crippen LogP contribution is 2.34. The van der Waals surface area contributed by atoms with E-state index in [4.69, 9.17) is 0 Å². The van der Waals surface area contributed by atoms with Gasteiger partial charge in [0.15, 0.2) is 0 Å². The second-order valence-corrected chi connectivity index (χ2v) is 9.85. The van der Waals surface area contributed by atoms with E-state index in [0.717, 1.165) is 30.6 Å². The van der Waals surface area contributed by atoms with E-state index < -0.39 is 29.7 Å². The van der Waals surface area contributed by atoms with Gasteiger partial charge in [0.1, 0.15) is 5.82 Å². The lowest BCUT2D eigenvalue weighted by Crippen LogP contribution is -2.72. The summed E-state index contributed by atoms with van der Waals surface area (Å²) in [5.41, 5.74) is 0.660. The number of halogens is 1. The highest BCUT2D eigenvalue weighted by atomic mass is 32.2. The Labute approximate surface area is 191 Å². The van der Waals surface area contributed by atoms with E-state index in [-0.39, 0.29) is 29.4 Å². The third-order valence-corrected chi connectivity index (χ3v) is 7.72. The molecule has 1 aromatic carbocycles. The van der Waals surface area contributed by atoms with E-state index in [1.165, 1.54) is 42.3 Å². The van der Waals surface area contributed by atoms with Crippen molar-refractivity contribution < 1.29 is 18.8 Å². The average Bonchev–Trinajstić information content (AvgIpc) is 2.80. The number of fused-ring (bicyclic) bond motifs is 1. The van der Waals surface area contributed by atoms with E-state index >= 15 is 0 Å².